The van der Waals surface area contributed by atoms with Gasteiger partial charge in [0.1, 0.15) is 0 Å². The number of carbonyl (C=O) groups is 3. The van der Waals surface area contributed by atoms with E-state index in [4.69, 9.17) is 21.6 Å². The zero-order chi connectivity index (χ0) is 22.6. The summed E-state index contributed by atoms with van der Waals surface area (Å²) in [5, 5.41) is 12.1. The molecule has 2 amide bonds. The molecule has 8 heteroatoms. The van der Waals surface area contributed by atoms with E-state index in [2.05, 4.69) is 5.32 Å². The molecule has 0 heterocycles. The Hall–Kier alpha value is -3.37. The Morgan fingerprint density at radius 3 is 2.45 bits per heavy atom. The maximum absolute atomic E-state index is 12.8. The summed E-state index contributed by atoms with van der Waals surface area (Å²) in [4.78, 5) is 38.3. The van der Waals surface area contributed by atoms with Crippen molar-refractivity contribution in [2.45, 2.75) is 32.3 Å². The normalized spacial score (nSPS) is 11.1. The minimum Gasteiger partial charge on any atom is -0.453 e. The first-order chi connectivity index (χ1) is 14.9. The molecule has 0 spiro atoms. The maximum Gasteiger partial charge on any atom is 0.306 e. The van der Waals surface area contributed by atoms with E-state index in [-0.39, 0.29) is 31.8 Å². The molecule has 2 rings (SSSR count). The number of halogens is 1. The summed E-state index contributed by atoms with van der Waals surface area (Å²) < 4.78 is 5.26. The van der Waals surface area contributed by atoms with Gasteiger partial charge in [-0.15, -0.1) is 0 Å². The number of rotatable bonds is 10. The average molecular weight is 442 g/mol. The van der Waals surface area contributed by atoms with Gasteiger partial charge in [-0.2, -0.15) is 5.26 Å². The van der Waals surface area contributed by atoms with E-state index < -0.39 is 18.0 Å². The van der Waals surface area contributed by atoms with Gasteiger partial charge in [-0.25, -0.2) is 0 Å². The first-order valence-electron chi connectivity index (χ1n) is 9.89. The summed E-state index contributed by atoms with van der Waals surface area (Å²) in [7, 11) is 0. The van der Waals surface area contributed by atoms with E-state index in [1.165, 1.54) is 11.8 Å². The molecule has 7 nitrogen and oxygen atoms in total. The van der Waals surface area contributed by atoms with Gasteiger partial charge >= 0.3 is 5.97 Å². The lowest BCUT2D eigenvalue weighted by Crippen LogP contribution is -2.40. The smallest absolute Gasteiger partial charge is 0.306 e. The third kappa shape index (κ3) is 7.76. The Bertz CT molecular complexity index is 926. The average Bonchev–Trinajstić information content (AvgIpc) is 2.77. The molecule has 1 atom stereocenters. The molecule has 0 aromatic heterocycles. The highest BCUT2D eigenvalue weighted by atomic mass is 35.5. The first-order valence-corrected chi connectivity index (χ1v) is 10.3. The van der Waals surface area contributed by atoms with Crippen molar-refractivity contribution >= 4 is 35.1 Å². The molecule has 0 saturated heterocycles. The summed E-state index contributed by atoms with van der Waals surface area (Å²) in [6.07, 6.45) is -0.401. The summed E-state index contributed by atoms with van der Waals surface area (Å²) in [5.74, 6) is -1.19. The fourth-order valence-corrected chi connectivity index (χ4v) is 2.93. The number of para-hydroxylation sites is 1. The molecule has 0 radical (unpaired) electrons. The second-order valence-electron chi connectivity index (χ2n) is 6.73. The van der Waals surface area contributed by atoms with Crippen LogP contribution in [-0.4, -0.2) is 37.0 Å². The van der Waals surface area contributed by atoms with Gasteiger partial charge in [-0.1, -0.05) is 29.8 Å². The second-order valence-corrected chi connectivity index (χ2v) is 7.17. The number of esters is 1. The Morgan fingerprint density at radius 2 is 1.81 bits per heavy atom. The van der Waals surface area contributed by atoms with Crippen LogP contribution in [0.3, 0.4) is 0 Å². The largest absolute Gasteiger partial charge is 0.453 e. The van der Waals surface area contributed by atoms with Gasteiger partial charge in [0.2, 0.25) is 0 Å². The first kappa shape index (κ1) is 23.9. The van der Waals surface area contributed by atoms with E-state index in [0.29, 0.717) is 22.7 Å². The maximum atomic E-state index is 12.8. The van der Waals surface area contributed by atoms with Gasteiger partial charge in [0, 0.05) is 35.8 Å². The lowest BCUT2D eigenvalue weighted by molar-refractivity contribution is -0.154. The standard InChI is InChI=1S/C23H24ClN3O4/c1-17(23(30)27(16-6-14-25)20-7-3-2-4-8-20)31-21(28)9-5-15-26-22(29)18-10-12-19(24)13-11-18/h2-4,7-8,10-13,17H,5-6,9,15-16H2,1H3,(H,26,29). The topological polar surface area (TPSA) is 99.5 Å². The molecule has 0 fully saturated rings. The number of amides is 2. The summed E-state index contributed by atoms with van der Waals surface area (Å²) in [5.41, 5.74) is 1.11. The van der Waals surface area contributed by atoms with Crippen LogP contribution in [0.1, 0.15) is 36.5 Å². The number of nitriles is 1. The fourth-order valence-electron chi connectivity index (χ4n) is 2.80. The molecule has 0 aliphatic rings. The van der Waals surface area contributed by atoms with E-state index in [1.807, 2.05) is 12.1 Å². The van der Waals surface area contributed by atoms with E-state index >= 15 is 0 Å². The summed E-state index contributed by atoms with van der Waals surface area (Å²) >= 11 is 5.80. The van der Waals surface area contributed by atoms with Crippen LogP contribution >= 0.6 is 11.6 Å². The van der Waals surface area contributed by atoms with Crippen molar-refractivity contribution in [2.75, 3.05) is 18.0 Å². The Labute approximate surface area is 186 Å². The van der Waals surface area contributed by atoms with Gasteiger partial charge in [0.25, 0.3) is 11.8 Å². The van der Waals surface area contributed by atoms with Crippen LogP contribution < -0.4 is 10.2 Å². The quantitative estimate of drug-likeness (QED) is 0.447. The van der Waals surface area contributed by atoms with Crippen LogP contribution in [0.5, 0.6) is 0 Å². The monoisotopic (exact) mass is 441 g/mol. The van der Waals surface area contributed by atoms with Crippen molar-refractivity contribution in [2.24, 2.45) is 0 Å². The molecule has 0 saturated carbocycles. The highest BCUT2D eigenvalue weighted by molar-refractivity contribution is 6.30. The molecule has 1 unspecified atom stereocenters. The fraction of sp³-hybridized carbons (Fsp3) is 0.304. The minimum atomic E-state index is -0.991. The zero-order valence-corrected chi connectivity index (χ0v) is 18.0. The predicted molar refractivity (Wildman–Crippen MR) is 118 cm³/mol. The van der Waals surface area contributed by atoms with E-state index in [9.17, 15) is 14.4 Å². The predicted octanol–water partition coefficient (Wildman–Crippen LogP) is 3.73. The van der Waals surface area contributed by atoms with Crippen LogP contribution in [0.4, 0.5) is 5.69 Å². The van der Waals surface area contributed by atoms with Crippen molar-refractivity contribution in [1.82, 2.24) is 5.32 Å². The molecular weight excluding hydrogens is 418 g/mol. The van der Waals surface area contributed by atoms with Gasteiger partial charge in [-0.05, 0) is 49.7 Å². The summed E-state index contributed by atoms with van der Waals surface area (Å²) in [6.45, 7) is 2.00. The second kappa shape index (κ2) is 12.4. The van der Waals surface area contributed by atoms with Crippen molar-refractivity contribution in [1.29, 1.82) is 5.26 Å². The molecule has 162 valence electrons. The molecule has 2 aromatic rings. The number of hydrogen-bond acceptors (Lipinski definition) is 5. The number of hydrogen-bond donors (Lipinski definition) is 1. The lowest BCUT2D eigenvalue weighted by atomic mass is 10.2. The van der Waals surface area contributed by atoms with E-state index in [1.54, 1.807) is 48.5 Å². The third-order valence-electron chi connectivity index (χ3n) is 4.39. The zero-order valence-electron chi connectivity index (χ0n) is 17.2. The molecule has 0 aliphatic carbocycles. The number of benzene rings is 2. The highest BCUT2D eigenvalue weighted by Gasteiger charge is 2.24. The van der Waals surface area contributed by atoms with Crippen molar-refractivity contribution in [3.8, 4) is 6.07 Å². The molecule has 1 N–H and O–H groups in total. The van der Waals surface area contributed by atoms with Crippen LogP contribution in [0.2, 0.25) is 5.02 Å². The van der Waals surface area contributed by atoms with Crippen molar-refractivity contribution in [3.63, 3.8) is 0 Å². The van der Waals surface area contributed by atoms with Crippen LogP contribution in [0.25, 0.3) is 0 Å². The molecule has 0 aliphatic heterocycles. The molecule has 31 heavy (non-hydrogen) atoms. The van der Waals surface area contributed by atoms with Crippen LogP contribution in [0, 0.1) is 11.3 Å². The van der Waals surface area contributed by atoms with Crippen molar-refractivity contribution in [3.05, 3.63) is 65.2 Å². The van der Waals surface area contributed by atoms with Crippen LogP contribution in [-0.2, 0) is 14.3 Å². The van der Waals surface area contributed by atoms with Crippen molar-refractivity contribution < 1.29 is 19.1 Å². The van der Waals surface area contributed by atoms with Gasteiger partial charge in [-0.3, -0.25) is 14.4 Å². The lowest BCUT2D eigenvalue weighted by Gasteiger charge is -2.25. The Morgan fingerprint density at radius 1 is 1.13 bits per heavy atom. The Kier molecular flexibility index (Phi) is 9.53. The number of anilines is 1. The van der Waals surface area contributed by atoms with E-state index in [0.717, 1.165) is 0 Å². The van der Waals surface area contributed by atoms with Gasteiger partial charge < -0.3 is 15.0 Å². The van der Waals surface area contributed by atoms with Crippen LogP contribution in [0.15, 0.2) is 54.6 Å². The SMILES string of the molecule is CC(OC(=O)CCCNC(=O)c1ccc(Cl)cc1)C(=O)N(CCC#N)c1ccccc1. The highest BCUT2D eigenvalue weighted by Crippen LogP contribution is 2.16. The number of carbonyl (C=O) groups excluding carboxylic acids is 3. The molecule has 2 aromatic carbocycles. The third-order valence-corrected chi connectivity index (χ3v) is 4.64. The Balaban J connectivity index is 1.79. The number of nitrogens with one attached hydrogen (secondary N) is 1. The van der Waals surface area contributed by atoms with Gasteiger partial charge in [0.15, 0.2) is 6.10 Å². The number of nitrogens with zero attached hydrogens (tertiary/aromatic N) is 2. The number of ether oxygens (including phenoxy) is 1. The minimum absolute atomic E-state index is 0.0576. The summed E-state index contributed by atoms with van der Waals surface area (Å²) in [6, 6.07) is 17.4. The van der Waals surface area contributed by atoms with Gasteiger partial charge in [0.05, 0.1) is 12.5 Å². The molecule has 0 bridgehead atoms. The molecular formula is C23H24ClN3O4.